The van der Waals surface area contributed by atoms with Crippen molar-refractivity contribution in [1.82, 2.24) is 0 Å². The number of esters is 1. The molecule has 7 nitrogen and oxygen atoms in total. The number of para-hydroxylation sites is 2. The number of nitro benzene ring substituents is 1. The predicted octanol–water partition coefficient (Wildman–Crippen LogP) is 2.27. The lowest BCUT2D eigenvalue weighted by Gasteiger charge is -2.24. The molecule has 0 saturated heterocycles. The molecule has 1 aliphatic carbocycles. The van der Waals surface area contributed by atoms with Gasteiger partial charge in [0.25, 0.3) is 11.6 Å². The van der Waals surface area contributed by atoms with E-state index in [0.29, 0.717) is 0 Å². The van der Waals surface area contributed by atoms with Crippen molar-refractivity contribution < 1.29 is 19.2 Å². The monoisotopic (exact) mass is 292 g/mol. The molecular weight excluding hydrogens is 276 g/mol. The van der Waals surface area contributed by atoms with Crippen molar-refractivity contribution in [2.45, 2.75) is 32.3 Å². The number of ether oxygens (including phenoxy) is 1. The molecule has 21 heavy (non-hydrogen) atoms. The highest BCUT2D eigenvalue weighted by Gasteiger charge is 2.30. The SMILES string of the molecule is C[C@@H](OC(=O)C1CCC1)C(=O)Nc1ccccc1[N+](=O)[O-]. The molecule has 1 atom stereocenters. The van der Waals surface area contributed by atoms with E-state index < -0.39 is 16.9 Å². The topological polar surface area (TPSA) is 98.5 Å². The fourth-order valence-corrected chi connectivity index (χ4v) is 1.94. The van der Waals surface area contributed by atoms with E-state index in [-0.39, 0.29) is 23.3 Å². The number of anilines is 1. The molecule has 1 amide bonds. The summed E-state index contributed by atoms with van der Waals surface area (Å²) in [7, 11) is 0. The van der Waals surface area contributed by atoms with Crippen LogP contribution in [0.5, 0.6) is 0 Å². The lowest BCUT2D eigenvalue weighted by atomic mass is 9.86. The number of amides is 1. The van der Waals surface area contributed by atoms with Crippen LogP contribution in [0, 0.1) is 16.0 Å². The van der Waals surface area contributed by atoms with Gasteiger partial charge in [-0.3, -0.25) is 19.7 Å². The molecule has 0 spiro atoms. The van der Waals surface area contributed by atoms with Gasteiger partial charge in [-0.2, -0.15) is 0 Å². The maximum atomic E-state index is 11.9. The summed E-state index contributed by atoms with van der Waals surface area (Å²) >= 11 is 0. The molecule has 0 aliphatic heterocycles. The molecule has 7 heteroatoms. The van der Waals surface area contributed by atoms with E-state index in [0.717, 1.165) is 19.3 Å². The molecule has 0 radical (unpaired) electrons. The van der Waals surface area contributed by atoms with Gasteiger partial charge in [-0.25, -0.2) is 0 Å². The Bertz CT molecular complexity index is 568. The fourth-order valence-electron chi connectivity index (χ4n) is 1.94. The molecule has 1 N–H and O–H groups in total. The van der Waals surface area contributed by atoms with Crippen LogP contribution in [0.2, 0.25) is 0 Å². The molecule has 1 saturated carbocycles. The van der Waals surface area contributed by atoms with Crippen LogP contribution in [0.15, 0.2) is 24.3 Å². The highest BCUT2D eigenvalue weighted by molar-refractivity contribution is 5.97. The van der Waals surface area contributed by atoms with Crippen LogP contribution in [-0.2, 0) is 14.3 Å². The number of rotatable bonds is 5. The van der Waals surface area contributed by atoms with Gasteiger partial charge in [0.05, 0.1) is 10.8 Å². The molecule has 1 aromatic carbocycles. The van der Waals surface area contributed by atoms with Gasteiger partial charge in [-0.05, 0) is 25.8 Å². The molecule has 0 heterocycles. The number of hydrogen-bond acceptors (Lipinski definition) is 5. The van der Waals surface area contributed by atoms with Gasteiger partial charge in [-0.1, -0.05) is 18.6 Å². The minimum Gasteiger partial charge on any atom is -0.452 e. The molecule has 1 fully saturated rings. The van der Waals surface area contributed by atoms with Crippen molar-refractivity contribution in [3.8, 4) is 0 Å². The average Bonchev–Trinajstić information content (AvgIpc) is 2.36. The summed E-state index contributed by atoms with van der Waals surface area (Å²) in [6.07, 6.45) is 1.59. The summed E-state index contributed by atoms with van der Waals surface area (Å²) in [5, 5.41) is 13.3. The maximum absolute atomic E-state index is 11.9. The second kappa shape index (κ2) is 6.34. The van der Waals surface area contributed by atoms with Crippen molar-refractivity contribution >= 4 is 23.3 Å². The van der Waals surface area contributed by atoms with Crippen LogP contribution in [0.1, 0.15) is 26.2 Å². The highest BCUT2D eigenvalue weighted by Crippen LogP contribution is 2.28. The molecule has 2 rings (SSSR count). The molecule has 0 aromatic heterocycles. The highest BCUT2D eigenvalue weighted by atomic mass is 16.6. The summed E-state index contributed by atoms with van der Waals surface area (Å²) in [5.74, 6) is -1.09. The Morgan fingerprint density at radius 3 is 2.62 bits per heavy atom. The van der Waals surface area contributed by atoms with E-state index in [9.17, 15) is 19.7 Å². The number of carbonyl (C=O) groups excluding carboxylic acids is 2. The Labute approximate surface area is 121 Å². The van der Waals surface area contributed by atoms with Gasteiger partial charge in [0.1, 0.15) is 5.69 Å². The van der Waals surface area contributed by atoms with Crippen molar-refractivity contribution in [3.63, 3.8) is 0 Å². The second-order valence-electron chi connectivity index (χ2n) is 4.97. The van der Waals surface area contributed by atoms with Gasteiger partial charge in [0.15, 0.2) is 6.10 Å². The van der Waals surface area contributed by atoms with Crippen LogP contribution in [0.25, 0.3) is 0 Å². The van der Waals surface area contributed by atoms with Crippen LogP contribution in [0.3, 0.4) is 0 Å². The Morgan fingerprint density at radius 1 is 1.38 bits per heavy atom. The summed E-state index contributed by atoms with van der Waals surface area (Å²) in [6.45, 7) is 1.45. The van der Waals surface area contributed by atoms with Crippen molar-refractivity contribution in [2.75, 3.05) is 5.32 Å². The second-order valence-corrected chi connectivity index (χ2v) is 4.97. The average molecular weight is 292 g/mol. The minimum atomic E-state index is -0.988. The molecular formula is C14H16N2O5. The largest absolute Gasteiger partial charge is 0.452 e. The third-order valence-corrected chi connectivity index (χ3v) is 3.46. The zero-order valence-electron chi connectivity index (χ0n) is 11.6. The van der Waals surface area contributed by atoms with Crippen LogP contribution < -0.4 is 5.32 Å². The first kappa shape index (κ1) is 15.0. The number of benzene rings is 1. The van der Waals surface area contributed by atoms with Crippen molar-refractivity contribution in [3.05, 3.63) is 34.4 Å². The van der Waals surface area contributed by atoms with E-state index in [1.54, 1.807) is 6.07 Å². The zero-order valence-corrected chi connectivity index (χ0v) is 11.6. The third-order valence-electron chi connectivity index (χ3n) is 3.46. The zero-order chi connectivity index (χ0) is 15.4. The summed E-state index contributed by atoms with van der Waals surface area (Å²) in [6, 6.07) is 5.80. The Balaban J connectivity index is 1.97. The summed E-state index contributed by atoms with van der Waals surface area (Å²) in [4.78, 5) is 33.9. The molecule has 1 aromatic rings. The number of carbonyl (C=O) groups is 2. The summed E-state index contributed by atoms with van der Waals surface area (Å²) < 4.78 is 5.07. The molecule has 0 bridgehead atoms. The Hall–Kier alpha value is -2.44. The number of nitrogens with one attached hydrogen (secondary N) is 1. The van der Waals surface area contributed by atoms with Crippen molar-refractivity contribution in [1.29, 1.82) is 0 Å². The number of nitrogens with zero attached hydrogens (tertiary/aromatic N) is 1. The smallest absolute Gasteiger partial charge is 0.309 e. The normalized spacial score (nSPS) is 15.7. The first-order chi connectivity index (χ1) is 9.99. The van der Waals surface area contributed by atoms with Crippen LogP contribution in [-0.4, -0.2) is 22.9 Å². The van der Waals surface area contributed by atoms with Gasteiger partial charge < -0.3 is 10.1 Å². The lowest BCUT2D eigenvalue weighted by molar-refractivity contribution is -0.383. The Kier molecular flexibility index (Phi) is 4.52. The quantitative estimate of drug-likeness (QED) is 0.510. The van der Waals surface area contributed by atoms with E-state index in [4.69, 9.17) is 4.74 Å². The number of hydrogen-bond donors (Lipinski definition) is 1. The van der Waals surface area contributed by atoms with Crippen molar-refractivity contribution in [2.24, 2.45) is 5.92 Å². The van der Waals surface area contributed by atoms with E-state index in [1.807, 2.05) is 0 Å². The van der Waals surface area contributed by atoms with Crippen LogP contribution >= 0.6 is 0 Å². The standard InChI is InChI=1S/C14H16N2O5/c1-9(21-14(18)10-5-4-6-10)13(17)15-11-7-2-3-8-12(11)16(19)20/h2-3,7-10H,4-6H2,1H3,(H,15,17)/t9-/m1/s1. The third kappa shape index (κ3) is 3.56. The Morgan fingerprint density at radius 2 is 2.05 bits per heavy atom. The minimum absolute atomic E-state index is 0.0824. The van der Waals surface area contributed by atoms with Gasteiger partial charge in [0.2, 0.25) is 0 Å². The van der Waals surface area contributed by atoms with Gasteiger partial charge in [-0.15, -0.1) is 0 Å². The molecule has 0 unspecified atom stereocenters. The predicted molar refractivity (Wildman–Crippen MR) is 74.6 cm³/mol. The lowest BCUT2D eigenvalue weighted by Crippen LogP contribution is -2.34. The molecule has 1 aliphatic rings. The van der Waals surface area contributed by atoms with E-state index >= 15 is 0 Å². The maximum Gasteiger partial charge on any atom is 0.309 e. The first-order valence-corrected chi connectivity index (χ1v) is 6.74. The van der Waals surface area contributed by atoms with Crippen LogP contribution in [0.4, 0.5) is 11.4 Å². The van der Waals surface area contributed by atoms with E-state index in [1.165, 1.54) is 25.1 Å². The van der Waals surface area contributed by atoms with Gasteiger partial charge in [0, 0.05) is 6.07 Å². The number of nitro groups is 1. The first-order valence-electron chi connectivity index (χ1n) is 6.74. The van der Waals surface area contributed by atoms with Gasteiger partial charge >= 0.3 is 5.97 Å². The fraction of sp³-hybridized carbons (Fsp3) is 0.429. The summed E-state index contributed by atoms with van der Waals surface area (Å²) in [5.41, 5.74) is -0.123. The van der Waals surface area contributed by atoms with E-state index in [2.05, 4.69) is 5.32 Å². The molecule has 112 valence electrons.